The van der Waals surface area contributed by atoms with Crippen LogP contribution in [0.25, 0.3) is 0 Å². The molecule has 0 saturated heterocycles. The number of benzene rings is 1. The van der Waals surface area contributed by atoms with Crippen molar-refractivity contribution in [3.8, 4) is 5.75 Å². The molecule has 2 N–H and O–H groups in total. The predicted octanol–water partition coefficient (Wildman–Crippen LogP) is 4.25. The molecule has 0 saturated carbocycles. The van der Waals surface area contributed by atoms with E-state index >= 15 is 0 Å². The van der Waals surface area contributed by atoms with Crippen LogP contribution in [-0.2, 0) is 12.8 Å². The molecule has 1 atom stereocenters. The zero-order valence-corrected chi connectivity index (χ0v) is 15.1. The van der Waals surface area contributed by atoms with Gasteiger partial charge in [0, 0.05) is 14.9 Å². The quantitative estimate of drug-likeness (QED) is 0.802. The molecule has 0 radical (unpaired) electrons. The van der Waals surface area contributed by atoms with Gasteiger partial charge in [0.1, 0.15) is 16.9 Å². The Hall–Kier alpha value is -1.53. The third kappa shape index (κ3) is 2.54. The Bertz CT molecular complexity index is 787. The molecular weight excluding hydrogens is 376 g/mol. The highest BCUT2D eigenvalue weighted by molar-refractivity contribution is 9.10. The first-order chi connectivity index (χ1) is 11.2. The molecule has 6 heteroatoms. The number of fused-ring (bicyclic) bond motifs is 3. The monoisotopic (exact) mass is 392 g/mol. The molecular formula is C17H17BrN2O2S. The highest BCUT2D eigenvalue weighted by Crippen LogP contribution is 2.42. The number of hydrogen-bond donors (Lipinski definition) is 2. The standard InChI is InChI=1S/C17H17BrN2O2S/c1-22-12-7-6-9(18)8-11(12)15-19-16(21)14-10-4-2-3-5-13(10)23-17(14)20-15/h6-8,15,20H,2-5H2,1H3,(H,19,21)/t15-/m0/s1. The Kier molecular flexibility index (Phi) is 3.81. The molecule has 0 unspecified atom stereocenters. The van der Waals surface area contributed by atoms with Crippen molar-refractivity contribution in [1.29, 1.82) is 0 Å². The van der Waals surface area contributed by atoms with Crippen LogP contribution in [-0.4, -0.2) is 13.0 Å². The van der Waals surface area contributed by atoms with E-state index < -0.39 is 0 Å². The fraction of sp³-hybridized carbons (Fsp3) is 0.353. The van der Waals surface area contributed by atoms with E-state index in [-0.39, 0.29) is 12.1 Å². The number of methoxy groups -OCH3 is 1. The minimum absolute atomic E-state index is 0.0187. The zero-order chi connectivity index (χ0) is 16.0. The highest BCUT2D eigenvalue weighted by Gasteiger charge is 2.32. The first kappa shape index (κ1) is 15.0. The predicted molar refractivity (Wildman–Crippen MR) is 95.5 cm³/mol. The summed E-state index contributed by atoms with van der Waals surface area (Å²) >= 11 is 5.23. The van der Waals surface area contributed by atoms with Crippen LogP contribution in [0.2, 0.25) is 0 Å². The van der Waals surface area contributed by atoms with Crippen molar-refractivity contribution in [2.24, 2.45) is 0 Å². The highest BCUT2D eigenvalue weighted by atomic mass is 79.9. The molecule has 23 heavy (non-hydrogen) atoms. The summed E-state index contributed by atoms with van der Waals surface area (Å²) in [6, 6.07) is 5.82. The van der Waals surface area contributed by atoms with Gasteiger partial charge in [-0.3, -0.25) is 4.79 Å². The van der Waals surface area contributed by atoms with Crippen molar-refractivity contribution in [3.63, 3.8) is 0 Å². The molecule has 2 aliphatic rings. The average molecular weight is 393 g/mol. The van der Waals surface area contributed by atoms with Gasteiger partial charge in [-0.25, -0.2) is 0 Å². The smallest absolute Gasteiger partial charge is 0.256 e. The number of halogens is 1. The van der Waals surface area contributed by atoms with Crippen LogP contribution in [0, 0.1) is 0 Å². The average Bonchev–Trinajstić information content (AvgIpc) is 2.93. The van der Waals surface area contributed by atoms with E-state index in [2.05, 4.69) is 26.6 Å². The zero-order valence-electron chi connectivity index (χ0n) is 12.7. The van der Waals surface area contributed by atoms with Gasteiger partial charge in [-0.15, -0.1) is 11.3 Å². The Morgan fingerprint density at radius 3 is 2.91 bits per heavy atom. The molecule has 1 aliphatic carbocycles. The Labute approximate surface area is 147 Å². The number of amides is 1. The normalized spacial score (nSPS) is 19.4. The van der Waals surface area contributed by atoms with E-state index in [1.807, 2.05) is 18.2 Å². The molecule has 4 nitrogen and oxygen atoms in total. The van der Waals surface area contributed by atoms with Gasteiger partial charge in [-0.1, -0.05) is 15.9 Å². The third-order valence-corrected chi connectivity index (χ3v) is 6.17. The fourth-order valence-electron chi connectivity index (χ4n) is 3.36. The Morgan fingerprint density at radius 1 is 1.26 bits per heavy atom. The van der Waals surface area contributed by atoms with Crippen LogP contribution in [0.4, 0.5) is 5.00 Å². The van der Waals surface area contributed by atoms with Gasteiger partial charge < -0.3 is 15.4 Å². The number of carbonyl (C=O) groups excluding carboxylic acids is 1. The largest absolute Gasteiger partial charge is 0.496 e. The lowest BCUT2D eigenvalue weighted by Crippen LogP contribution is -2.38. The second-order valence-corrected chi connectivity index (χ2v) is 7.87. The summed E-state index contributed by atoms with van der Waals surface area (Å²) in [4.78, 5) is 14.1. The second kappa shape index (κ2) is 5.83. The van der Waals surface area contributed by atoms with Gasteiger partial charge >= 0.3 is 0 Å². The number of carbonyl (C=O) groups is 1. The maximum Gasteiger partial charge on any atom is 0.256 e. The number of ether oxygens (including phenoxy) is 1. The molecule has 2 heterocycles. The van der Waals surface area contributed by atoms with E-state index in [1.165, 1.54) is 23.3 Å². The van der Waals surface area contributed by atoms with E-state index in [4.69, 9.17) is 4.74 Å². The maximum atomic E-state index is 12.7. The topological polar surface area (TPSA) is 50.4 Å². The van der Waals surface area contributed by atoms with E-state index in [9.17, 15) is 4.79 Å². The van der Waals surface area contributed by atoms with Gasteiger partial charge in [0.05, 0.1) is 12.7 Å². The second-order valence-electron chi connectivity index (χ2n) is 5.85. The summed E-state index contributed by atoms with van der Waals surface area (Å²) in [5.74, 6) is 0.779. The summed E-state index contributed by atoms with van der Waals surface area (Å²) < 4.78 is 6.41. The molecule has 0 fully saturated rings. The lowest BCUT2D eigenvalue weighted by atomic mass is 9.94. The number of nitrogens with one attached hydrogen (secondary N) is 2. The molecule has 1 aromatic heterocycles. The molecule has 0 bridgehead atoms. The Morgan fingerprint density at radius 2 is 2.09 bits per heavy atom. The number of thiophene rings is 1. The fourth-order valence-corrected chi connectivity index (χ4v) is 5.06. The van der Waals surface area contributed by atoms with Crippen LogP contribution < -0.4 is 15.4 Å². The molecule has 1 aromatic carbocycles. The number of hydrogen-bond acceptors (Lipinski definition) is 4. The first-order valence-electron chi connectivity index (χ1n) is 7.72. The van der Waals surface area contributed by atoms with Crippen LogP contribution in [0.3, 0.4) is 0 Å². The number of anilines is 1. The minimum atomic E-state index is -0.275. The van der Waals surface area contributed by atoms with Crippen molar-refractivity contribution >= 4 is 38.2 Å². The summed E-state index contributed by atoms with van der Waals surface area (Å²) in [7, 11) is 1.65. The number of rotatable bonds is 2. The van der Waals surface area contributed by atoms with Crippen LogP contribution >= 0.6 is 27.3 Å². The molecule has 120 valence electrons. The van der Waals surface area contributed by atoms with Crippen LogP contribution in [0.1, 0.15) is 45.4 Å². The first-order valence-corrected chi connectivity index (χ1v) is 9.33. The van der Waals surface area contributed by atoms with Crippen LogP contribution in [0.15, 0.2) is 22.7 Å². The van der Waals surface area contributed by atoms with Gasteiger partial charge in [0.15, 0.2) is 0 Å². The van der Waals surface area contributed by atoms with Crippen molar-refractivity contribution in [2.45, 2.75) is 31.8 Å². The minimum Gasteiger partial charge on any atom is -0.496 e. The third-order valence-electron chi connectivity index (χ3n) is 4.45. The van der Waals surface area contributed by atoms with E-state index in [0.29, 0.717) is 0 Å². The maximum absolute atomic E-state index is 12.7. The SMILES string of the molecule is COc1ccc(Br)cc1[C@H]1NC(=O)c2c(sc3c2CCCC3)N1. The lowest BCUT2D eigenvalue weighted by molar-refractivity contribution is 0.0935. The Balaban J connectivity index is 1.74. The van der Waals surface area contributed by atoms with Gasteiger partial charge in [0.25, 0.3) is 5.91 Å². The molecule has 1 amide bonds. The van der Waals surface area contributed by atoms with E-state index in [1.54, 1.807) is 18.4 Å². The van der Waals surface area contributed by atoms with Crippen LogP contribution in [0.5, 0.6) is 5.75 Å². The lowest BCUT2D eigenvalue weighted by Gasteiger charge is -2.28. The van der Waals surface area contributed by atoms with Crippen molar-refractivity contribution < 1.29 is 9.53 Å². The number of aryl methyl sites for hydroxylation is 1. The molecule has 4 rings (SSSR count). The van der Waals surface area contributed by atoms with Gasteiger partial charge in [0.2, 0.25) is 0 Å². The molecule has 1 aliphatic heterocycles. The van der Waals surface area contributed by atoms with E-state index in [0.717, 1.165) is 39.2 Å². The molecule has 0 spiro atoms. The van der Waals surface area contributed by atoms with Crippen molar-refractivity contribution in [2.75, 3.05) is 12.4 Å². The summed E-state index contributed by atoms with van der Waals surface area (Å²) in [5, 5.41) is 7.56. The van der Waals surface area contributed by atoms with Gasteiger partial charge in [-0.2, -0.15) is 0 Å². The summed E-state index contributed by atoms with van der Waals surface area (Å²) in [6.45, 7) is 0. The summed E-state index contributed by atoms with van der Waals surface area (Å²) in [6.07, 6.45) is 4.22. The van der Waals surface area contributed by atoms with Gasteiger partial charge in [-0.05, 0) is 49.4 Å². The van der Waals surface area contributed by atoms with Crippen molar-refractivity contribution in [1.82, 2.24) is 5.32 Å². The van der Waals surface area contributed by atoms with Crippen molar-refractivity contribution in [3.05, 3.63) is 44.2 Å². The molecule has 2 aromatic rings. The summed E-state index contributed by atoms with van der Waals surface area (Å²) in [5.41, 5.74) is 3.03.